The van der Waals surface area contributed by atoms with Crippen molar-refractivity contribution in [1.29, 1.82) is 0 Å². The molecule has 4 nitrogen and oxygen atoms in total. The average Bonchev–Trinajstić information content (AvgIpc) is 2.24. The molecule has 5 atom stereocenters. The Morgan fingerprint density at radius 2 is 1.83 bits per heavy atom. The maximum Gasteiger partial charge on any atom is 0.258 e. The van der Waals surface area contributed by atoms with E-state index in [-0.39, 0.29) is 11.4 Å². The Labute approximate surface area is 108 Å². The molecule has 0 aromatic rings. The highest BCUT2D eigenvalue weighted by molar-refractivity contribution is 5.90. The second-order valence-corrected chi connectivity index (χ2v) is 7.60. The molecule has 4 bridgehead atoms. The molecule has 1 amide bonds. The van der Waals surface area contributed by atoms with Gasteiger partial charge >= 0.3 is 0 Å². The van der Waals surface area contributed by atoms with E-state index in [9.17, 15) is 9.90 Å². The van der Waals surface area contributed by atoms with Gasteiger partial charge < -0.3 is 5.11 Å². The zero-order chi connectivity index (χ0) is 12.7. The van der Waals surface area contributed by atoms with E-state index in [0.29, 0.717) is 23.8 Å². The largest absolute Gasteiger partial charge is 0.390 e. The molecule has 1 saturated heterocycles. The molecule has 5 aliphatic rings. The Balaban J connectivity index is 1.60. The predicted octanol–water partition coefficient (Wildman–Crippen LogP) is 1.05. The zero-order valence-electron chi connectivity index (χ0n) is 11.1. The van der Waals surface area contributed by atoms with Gasteiger partial charge in [0.05, 0.1) is 11.6 Å². The average molecular weight is 250 g/mol. The first-order chi connectivity index (χ1) is 8.38. The van der Waals surface area contributed by atoms with E-state index in [2.05, 4.69) is 5.43 Å². The molecule has 4 saturated carbocycles. The normalized spacial score (nSPS) is 52.6. The van der Waals surface area contributed by atoms with Crippen LogP contribution in [-0.4, -0.2) is 33.2 Å². The standard InChI is InChI=1S/C14H22N2O2/c1-13(2)12(17)16(15-13)11-9-3-8-4-10(11)7-14(18,5-8)6-9/h8-11,15,18H,3-7H2,1-2H3/t8?,9-,10+,11?,14?. The van der Waals surface area contributed by atoms with Gasteiger partial charge in [-0.25, -0.2) is 5.43 Å². The summed E-state index contributed by atoms with van der Waals surface area (Å²) in [6.45, 7) is 3.88. The van der Waals surface area contributed by atoms with E-state index in [4.69, 9.17) is 0 Å². The van der Waals surface area contributed by atoms with Crippen LogP contribution in [0.3, 0.4) is 0 Å². The van der Waals surface area contributed by atoms with Crippen LogP contribution in [0.5, 0.6) is 0 Å². The zero-order valence-corrected chi connectivity index (χ0v) is 11.1. The summed E-state index contributed by atoms with van der Waals surface area (Å²) >= 11 is 0. The topological polar surface area (TPSA) is 52.6 Å². The molecule has 0 spiro atoms. The molecule has 5 rings (SSSR count). The van der Waals surface area contributed by atoms with Crippen LogP contribution in [0.25, 0.3) is 0 Å². The maximum atomic E-state index is 12.2. The summed E-state index contributed by atoms with van der Waals surface area (Å²) in [7, 11) is 0. The van der Waals surface area contributed by atoms with Crippen molar-refractivity contribution in [2.45, 2.75) is 63.1 Å². The number of carbonyl (C=O) groups excluding carboxylic acids is 1. The Hall–Kier alpha value is -0.610. The van der Waals surface area contributed by atoms with Crippen LogP contribution in [0.1, 0.15) is 46.0 Å². The summed E-state index contributed by atoms with van der Waals surface area (Å²) in [4.78, 5) is 12.2. The minimum Gasteiger partial charge on any atom is -0.390 e. The van der Waals surface area contributed by atoms with Crippen molar-refractivity contribution in [3.8, 4) is 0 Å². The van der Waals surface area contributed by atoms with E-state index in [1.54, 1.807) is 0 Å². The number of nitrogens with one attached hydrogen (secondary N) is 1. The lowest BCUT2D eigenvalue weighted by molar-refractivity contribution is -0.202. The van der Waals surface area contributed by atoms with Gasteiger partial charge in [0.2, 0.25) is 0 Å². The number of nitrogens with zero attached hydrogens (tertiary/aromatic N) is 1. The van der Waals surface area contributed by atoms with Gasteiger partial charge in [0, 0.05) is 0 Å². The Kier molecular flexibility index (Phi) is 1.93. The summed E-state index contributed by atoms with van der Waals surface area (Å²) in [5.74, 6) is 1.95. The van der Waals surface area contributed by atoms with Crippen molar-refractivity contribution >= 4 is 5.91 Å². The molecule has 2 N–H and O–H groups in total. The Morgan fingerprint density at radius 3 is 2.28 bits per heavy atom. The summed E-state index contributed by atoms with van der Waals surface area (Å²) < 4.78 is 0. The number of hydrogen-bond acceptors (Lipinski definition) is 3. The van der Waals surface area contributed by atoms with Gasteiger partial charge in [-0.05, 0) is 63.7 Å². The smallest absolute Gasteiger partial charge is 0.258 e. The van der Waals surface area contributed by atoms with Gasteiger partial charge in [0.15, 0.2) is 0 Å². The fourth-order valence-corrected chi connectivity index (χ4v) is 5.23. The Morgan fingerprint density at radius 1 is 1.22 bits per heavy atom. The molecule has 1 aliphatic heterocycles. The van der Waals surface area contributed by atoms with Crippen molar-refractivity contribution in [2.24, 2.45) is 17.8 Å². The number of hydrazine groups is 1. The third-order valence-corrected chi connectivity index (χ3v) is 5.64. The highest BCUT2D eigenvalue weighted by Gasteiger charge is 2.60. The lowest BCUT2D eigenvalue weighted by Gasteiger charge is -2.63. The van der Waals surface area contributed by atoms with Gasteiger partial charge in [0.25, 0.3) is 5.91 Å². The maximum absolute atomic E-state index is 12.2. The first-order valence-corrected chi connectivity index (χ1v) is 7.22. The highest BCUT2D eigenvalue weighted by atomic mass is 16.3. The number of aliphatic hydroxyl groups is 1. The van der Waals surface area contributed by atoms with Crippen LogP contribution in [0.15, 0.2) is 0 Å². The lowest BCUT2D eigenvalue weighted by Crippen LogP contribution is -2.79. The van der Waals surface area contributed by atoms with Crippen LogP contribution in [-0.2, 0) is 4.79 Å². The van der Waals surface area contributed by atoms with Crippen molar-refractivity contribution in [1.82, 2.24) is 10.4 Å². The minimum atomic E-state index is -0.406. The third-order valence-electron chi connectivity index (χ3n) is 5.64. The van der Waals surface area contributed by atoms with Gasteiger partial charge in [0.1, 0.15) is 5.54 Å². The van der Waals surface area contributed by atoms with E-state index >= 15 is 0 Å². The number of hydrogen-bond donors (Lipinski definition) is 2. The first kappa shape index (κ1) is 11.2. The van der Waals surface area contributed by atoms with Crippen molar-refractivity contribution in [3.05, 3.63) is 0 Å². The molecular formula is C14H22N2O2. The molecule has 4 aliphatic carbocycles. The monoisotopic (exact) mass is 250 g/mol. The van der Waals surface area contributed by atoms with Crippen molar-refractivity contribution < 1.29 is 9.90 Å². The van der Waals surface area contributed by atoms with Crippen LogP contribution in [0.4, 0.5) is 0 Å². The molecule has 1 heterocycles. The first-order valence-electron chi connectivity index (χ1n) is 7.22. The second kappa shape index (κ2) is 3.10. The number of carbonyl (C=O) groups is 1. The fourth-order valence-electron chi connectivity index (χ4n) is 5.23. The highest BCUT2D eigenvalue weighted by Crippen LogP contribution is 2.57. The predicted molar refractivity (Wildman–Crippen MR) is 66.4 cm³/mol. The van der Waals surface area contributed by atoms with Crippen molar-refractivity contribution in [2.75, 3.05) is 0 Å². The van der Waals surface area contributed by atoms with Crippen LogP contribution < -0.4 is 5.43 Å². The van der Waals surface area contributed by atoms with Crippen LogP contribution >= 0.6 is 0 Å². The minimum absolute atomic E-state index is 0.229. The fraction of sp³-hybridized carbons (Fsp3) is 0.929. The van der Waals surface area contributed by atoms with E-state index < -0.39 is 5.60 Å². The van der Waals surface area contributed by atoms with E-state index in [0.717, 1.165) is 19.3 Å². The van der Waals surface area contributed by atoms with Crippen LogP contribution in [0, 0.1) is 17.8 Å². The molecule has 0 radical (unpaired) electrons. The van der Waals surface area contributed by atoms with Crippen LogP contribution in [0.2, 0.25) is 0 Å². The van der Waals surface area contributed by atoms with E-state index in [1.807, 2.05) is 18.9 Å². The van der Waals surface area contributed by atoms with Gasteiger partial charge in [-0.1, -0.05) is 0 Å². The SMILES string of the molecule is CC1(C)NN(C2[C@@H]3CC4C[C@H]2CC(O)(C4)C3)C1=O. The molecule has 18 heavy (non-hydrogen) atoms. The summed E-state index contributed by atoms with van der Waals surface area (Å²) in [6.07, 6.45) is 5.21. The molecule has 5 fully saturated rings. The number of amides is 1. The summed E-state index contributed by atoms with van der Waals surface area (Å²) in [6, 6.07) is 0.336. The molecule has 0 aromatic heterocycles. The summed E-state index contributed by atoms with van der Waals surface area (Å²) in [5.41, 5.74) is 2.52. The molecular weight excluding hydrogens is 228 g/mol. The molecule has 3 unspecified atom stereocenters. The quantitative estimate of drug-likeness (QED) is 0.731. The third kappa shape index (κ3) is 1.31. The lowest BCUT2D eigenvalue weighted by atomic mass is 9.52. The van der Waals surface area contributed by atoms with Gasteiger partial charge in [-0.3, -0.25) is 9.80 Å². The van der Waals surface area contributed by atoms with Gasteiger partial charge in [-0.2, -0.15) is 0 Å². The molecule has 0 aromatic carbocycles. The van der Waals surface area contributed by atoms with E-state index in [1.165, 1.54) is 12.8 Å². The second-order valence-electron chi connectivity index (χ2n) is 7.60. The Bertz CT molecular complexity index is 404. The van der Waals surface area contributed by atoms with Crippen molar-refractivity contribution in [3.63, 3.8) is 0 Å². The number of rotatable bonds is 1. The molecule has 4 heteroatoms. The van der Waals surface area contributed by atoms with Gasteiger partial charge in [-0.15, -0.1) is 0 Å². The summed E-state index contributed by atoms with van der Waals surface area (Å²) in [5, 5.41) is 12.4. The molecule has 100 valence electrons.